The third kappa shape index (κ3) is 5.56. The Bertz CT molecular complexity index is 677. The van der Waals surface area contributed by atoms with Crippen LogP contribution in [0.2, 0.25) is 0 Å². The lowest BCUT2D eigenvalue weighted by Crippen LogP contribution is -2.44. The summed E-state index contributed by atoms with van der Waals surface area (Å²) in [6.45, 7) is 7.66. The summed E-state index contributed by atoms with van der Waals surface area (Å²) in [4.78, 5) is 12.1. The van der Waals surface area contributed by atoms with Gasteiger partial charge in [0.15, 0.2) is 0 Å². The minimum absolute atomic E-state index is 0.0533. The third-order valence-corrected chi connectivity index (χ3v) is 4.04. The quantitative estimate of drug-likeness (QED) is 0.808. The van der Waals surface area contributed by atoms with Gasteiger partial charge in [0.05, 0.1) is 18.8 Å². The number of methoxy groups -OCH3 is 1. The predicted molar refractivity (Wildman–Crippen MR) is 93.3 cm³/mol. The molecule has 1 heterocycles. The van der Waals surface area contributed by atoms with Crippen molar-refractivity contribution in [1.29, 1.82) is 0 Å². The highest BCUT2D eigenvalue weighted by Gasteiger charge is 2.22. The van der Waals surface area contributed by atoms with E-state index in [1.54, 1.807) is 7.11 Å². The molecule has 0 spiro atoms. The second kappa shape index (κ2) is 7.70. The number of hydrogen-bond acceptors (Lipinski definition) is 6. The summed E-state index contributed by atoms with van der Waals surface area (Å²) in [5.74, 6) is 1.27. The largest absolute Gasteiger partial charge is 0.497 e. The Morgan fingerprint density at radius 2 is 1.96 bits per heavy atom. The molecule has 0 aliphatic carbocycles. The van der Waals surface area contributed by atoms with E-state index in [1.165, 1.54) is 11.8 Å². The number of nitrogens with one attached hydrogen (secondary N) is 1. The summed E-state index contributed by atoms with van der Waals surface area (Å²) in [7, 11) is 1.63. The fraction of sp³-hybridized carbons (Fsp3) is 0.471. The van der Waals surface area contributed by atoms with Gasteiger partial charge in [0.25, 0.3) is 5.22 Å². The molecule has 7 heteroatoms. The first-order chi connectivity index (χ1) is 11.3. The number of benzene rings is 1. The van der Waals surface area contributed by atoms with Crippen LogP contribution in [0.5, 0.6) is 5.75 Å². The number of aromatic nitrogens is 2. The number of thioether (sulfide) groups is 1. The molecule has 0 saturated carbocycles. The second-order valence-corrected chi connectivity index (χ2v) is 7.78. The average molecular weight is 349 g/mol. The van der Waals surface area contributed by atoms with Gasteiger partial charge >= 0.3 is 0 Å². The maximum atomic E-state index is 12.1. The molecule has 24 heavy (non-hydrogen) atoms. The van der Waals surface area contributed by atoms with Crippen LogP contribution < -0.4 is 10.1 Å². The van der Waals surface area contributed by atoms with E-state index >= 15 is 0 Å². The Balaban J connectivity index is 1.93. The summed E-state index contributed by atoms with van der Waals surface area (Å²) in [6, 6.07) is 7.69. The number of amides is 1. The average Bonchev–Trinajstić information content (AvgIpc) is 2.93. The Morgan fingerprint density at radius 3 is 2.54 bits per heavy atom. The number of ether oxygens (including phenoxy) is 1. The standard InChI is InChI=1S/C17H23N3O3S/c1-11(15(21)18-17(2,3)4)24-16-20-19-14(23-16)10-12-6-8-13(22-5)9-7-12/h6-9,11H,10H2,1-5H3,(H,18,21). The van der Waals surface area contributed by atoms with E-state index in [2.05, 4.69) is 15.5 Å². The highest BCUT2D eigenvalue weighted by Crippen LogP contribution is 2.23. The minimum atomic E-state index is -0.307. The first-order valence-corrected chi connectivity index (χ1v) is 8.59. The molecule has 0 aliphatic rings. The van der Waals surface area contributed by atoms with Crippen LogP contribution in [0.25, 0.3) is 0 Å². The Labute approximate surface area is 146 Å². The molecule has 0 aliphatic heterocycles. The molecule has 1 atom stereocenters. The molecular formula is C17H23N3O3S. The van der Waals surface area contributed by atoms with Crippen LogP contribution in [0.1, 0.15) is 39.1 Å². The SMILES string of the molecule is COc1ccc(Cc2nnc(SC(C)C(=O)NC(C)(C)C)o2)cc1. The zero-order valence-electron chi connectivity index (χ0n) is 14.6. The maximum absolute atomic E-state index is 12.1. The smallest absolute Gasteiger partial charge is 0.277 e. The molecule has 1 aromatic heterocycles. The topological polar surface area (TPSA) is 77.2 Å². The van der Waals surface area contributed by atoms with Gasteiger partial charge in [-0.2, -0.15) is 0 Å². The van der Waals surface area contributed by atoms with E-state index in [0.717, 1.165) is 11.3 Å². The van der Waals surface area contributed by atoms with Gasteiger partial charge in [-0.1, -0.05) is 23.9 Å². The number of hydrogen-bond donors (Lipinski definition) is 1. The van der Waals surface area contributed by atoms with Gasteiger partial charge in [-0.25, -0.2) is 0 Å². The van der Waals surface area contributed by atoms with Crippen LogP contribution in [0, 0.1) is 0 Å². The van der Waals surface area contributed by atoms with Gasteiger partial charge < -0.3 is 14.5 Å². The van der Waals surface area contributed by atoms with E-state index in [0.29, 0.717) is 17.5 Å². The Kier molecular flexibility index (Phi) is 5.88. The molecule has 0 saturated heterocycles. The lowest BCUT2D eigenvalue weighted by Gasteiger charge is -2.22. The first-order valence-electron chi connectivity index (χ1n) is 7.71. The fourth-order valence-corrected chi connectivity index (χ4v) is 2.65. The van der Waals surface area contributed by atoms with Crippen LogP contribution in [0.15, 0.2) is 33.9 Å². The van der Waals surface area contributed by atoms with Crippen molar-refractivity contribution in [3.05, 3.63) is 35.7 Å². The van der Waals surface area contributed by atoms with E-state index in [1.807, 2.05) is 52.0 Å². The molecule has 2 rings (SSSR count). The van der Waals surface area contributed by atoms with Gasteiger partial charge in [0.2, 0.25) is 11.8 Å². The molecule has 1 amide bonds. The van der Waals surface area contributed by atoms with Crippen LogP contribution >= 0.6 is 11.8 Å². The summed E-state index contributed by atoms with van der Waals surface area (Å²) < 4.78 is 10.8. The van der Waals surface area contributed by atoms with Gasteiger partial charge in [-0.15, -0.1) is 10.2 Å². The molecule has 2 aromatic rings. The molecule has 0 fully saturated rings. The summed E-state index contributed by atoms with van der Waals surface area (Å²) in [5.41, 5.74) is 0.787. The molecular weight excluding hydrogens is 326 g/mol. The molecule has 0 bridgehead atoms. The van der Waals surface area contributed by atoms with Crippen LogP contribution in [0.4, 0.5) is 0 Å². The Morgan fingerprint density at radius 1 is 1.29 bits per heavy atom. The number of carbonyl (C=O) groups excluding carboxylic acids is 1. The van der Waals surface area contributed by atoms with E-state index in [9.17, 15) is 4.79 Å². The highest BCUT2D eigenvalue weighted by atomic mass is 32.2. The van der Waals surface area contributed by atoms with Crippen molar-refractivity contribution in [2.45, 2.75) is 50.1 Å². The lowest BCUT2D eigenvalue weighted by atomic mass is 10.1. The van der Waals surface area contributed by atoms with Crippen molar-refractivity contribution in [3.63, 3.8) is 0 Å². The summed E-state index contributed by atoms with van der Waals surface area (Å²) in [5, 5.41) is 11.1. The van der Waals surface area contributed by atoms with Crippen molar-refractivity contribution in [2.24, 2.45) is 0 Å². The number of nitrogens with zero attached hydrogens (tertiary/aromatic N) is 2. The molecule has 1 N–H and O–H groups in total. The zero-order valence-corrected chi connectivity index (χ0v) is 15.4. The third-order valence-electron chi connectivity index (χ3n) is 3.11. The van der Waals surface area contributed by atoms with Crippen LogP contribution in [0.3, 0.4) is 0 Å². The van der Waals surface area contributed by atoms with Gasteiger partial charge in [-0.05, 0) is 45.4 Å². The van der Waals surface area contributed by atoms with Gasteiger partial charge in [0, 0.05) is 5.54 Å². The van der Waals surface area contributed by atoms with Crippen molar-refractivity contribution in [3.8, 4) is 5.75 Å². The molecule has 1 unspecified atom stereocenters. The number of rotatable bonds is 6. The molecule has 130 valence electrons. The van der Waals surface area contributed by atoms with E-state index < -0.39 is 0 Å². The lowest BCUT2D eigenvalue weighted by molar-refractivity contribution is -0.121. The summed E-state index contributed by atoms with van der Waals surface area (Å²) >= 11 is 1.26. The molecule has 6 nitrogen and oxygen atoms in total. The van der Waals surface area contributed by atoms with Crippen molar-refractivity contribution < 1.29 is 13.9 Å². The normalized spacial score (nSPS) is 12.7. The monoisotopic (exact) mass is 349 g/mol. The van der Waals surface area contributed by atoms with Crippen LogP contribution in [-0.4, -0.2) is 34.0 Å². The molecule has 0 radical (unpaired) electrons. The molecule has 1 aromatic carbocycles. The number of carbonyl (C=O) groups is 1. The van der Waals surface area contributed by atoms with E-state index in [-0.39, 0.29) is 16.7 Å². The van der Waals surface area contributed by atoms with E-state index in [4.69, 9.17) is 9.15 Å². The van der Waals surface area contributed by atoms with Crippen molar-refractivity contribution in [1.82, 2.24) is 15.5 Å². The highest BCUT2D eigenvalue weighted by molar-refractivity contribution is 8.00. The fourth-order valence-electron chi connectivity index (χ4n) is 1.95. The van der Waals surface area contributed by atoms with Gasteiger partial charge in [-0.3, -0.25) is 4.79 Å². The van der Waals surface area contributed by atoms with Gasteiger partial charge in [0.1, 0.15) is 5.75 Å². The maximum Gasteiger partial charge on any atom is 0.277 e. The first kappa shape index (κ1) is 18.3. The Hall–Kier alpha value is -2.02. The second-order valence-electron chi connectivity index (χ2n) is 6.49. The summed E-state index contributed by atoms with van der Waals surface area (Å²) in [6.07, 6.45) is 0.542. The van der Waals surface area contributed by atoms with Crippen LogP contribution in [-0.2, 0) is 11.2 Å². The van der Waals surface area contributed by atoms with Crippen molar-refractivity contribution in [2.75, 3.05) is 7.11 Å². The van der Waals surface area contributed by atoms with Crippen molar-refractivity contribution >= 4 is 17.7 Å². The zero-order chi connectivity index (χ0) is 17.7. The minimum Gasteiger partial charge on any atom is -0.497 e. The predicted octanol–water partition coefficient (Wildman–Crippen LogP) is 3.06.